The van der Waals surface area contributed by atoms with E-state index < -0.39 is 0 Å². The third-order valence-electron chi connectivity index (χ3n) is 5.86. The molecule has 0 bridgehead atoms. The first kappa shape index (κ1) is 17.1. The first-order valence-corrected chi connectivity index (χ1v) is 8.62. The molecule has 0 aliphatic heterocycles. The fourth-order valence-electron chi connectivity index (χ4n) is 5.11. The molecular formula is C19H26O5. The molecule has 0 saturated heterocycles. The fraction of sp³-hybridized carbons (Fsp3) is 0.684. The average molecular weight is 334 g/mol. The molecule has 0 amide bonds. The fourth-order valence-corrected chi connectivity index (χ4v) is 5.11. The lowest BCUT2D eigenvalue weighted by Crippen LogP contribution is -2.55. The number of hydrogen-bond donors (Lipinski definition) is 0. The summed E-state index contributed by atoms with van der Waals surface area (Å²) >= 11 is 0. The van der Waals surface area contributed by atoms with Crippen molar-refractivity contribution in [3.05, 3.63) is 23.7 Å². The number of carbonyl (C=O) groups excluding carboxylic acids is 2. The Morgan fingerprint density at radius 1 is 1.25 bits per heavy atom. The van der Waals surface area contributed by atoms with Crippen molar-refractivity contribution in [1.29, 1.82) is 0 Å². The Kier molecular flexibility index (Phi) is 4.22. The predicted octanol–water partition coefficient (Wildman–Crippen LogP) is 3.39. The van der Waals surface area contributed by atoms with Crippen LogP contribution in [0.15, 0.2) is 16.7 Å². The van der Waals surface area contributed by atoms with Gasteiger partial charge >= 0.3 is 11.9 Å². The number of esters is 2. The van der Waals surface area contributed by atoms with Gasteiger partial charge in [-0.2, -0.15) is 0 Å². The van der Waals surface area contributed by atoms with Gasteiger partial charge in [-0.1, -0.05) is 13.8 Å². The lowest BCUT2D eigenvalue weighted by Gasteiger charge is -2.55. The second-order valence-corrected chi connectivity index (χ2v) is 7.86. The molecule has 132 valence electrons. The third kappa shape index (κ3) is 2.85. The van der Waals surface area contributed by atoms with Gasteiger partial charge in [-0.05, 0) is 43.2 Å². The maximum atomic E-state index is 11.5. The van der Waals surface area contributed by atoms with Crippen molar-refractivity contribution < 1.29 is 23.5 Å². The molecule has 1 aromatic heterocycles. The normalized spacial score (nSPS) is 34.8. The van der Waals surface area contributed by atoms with E-state index in [1.807, 2.05) is 6.07 Å². The number of ether oxygens (including phenoxy) is 2. The zero-order valence-electron chi connectivity index (χ0n) is 14.9. The topological polar surface area (TPSA) is 65.7 Å². The number of carbonyl (C=O) groups is 2. The first-order chi connectivity index (χ1) is 11.2. The van der Waals surface area contributed by atoms with Gasteiger partial charge in [0.25, 0.3) is 0 Å². The summed E-state index contributed by atoms with van der Waals surface area (Å²) in [6, 6.07) is 2.04. The van der Waals surface area contributed by atoms with Crippen LogP contribution >= 0.6 is 0 Å². The van der Waals surface area contributed by atoms with Crippen molar-refractivity contribution in [3.8, 4) is 0 Å². The number of aryl methyl sites for hydroxylation is 1. The van der Waals surface area contributed by atoms with E-state index in [-0.39, 0.29) is 28.9 Å². The van der Waals surface area contributed by atoms with Crippen molar-refractivity contribution in [2.75, 3.05) is 6.61 Å². The Morgan fingerprint density at radius 2 is 2.00 bits per heavy atom. The van der Waals surface area contributed by atoms with Crippen LogP contribution in [0, 0.1) is 11.3 Å². The van der Waals surface area contributed by atoms with Gasteiger partial charge in [-0.15, -0.1) is 0 Å². The molecule has 1 aromatic rings. The maximum Gasteiger partial charge on any atom is 0.302 e. The van der Waals surface area contributed by atoms with Gasteiger partial charge in [0.05, 0.1) is 12.9 Å². The molecule has 1 fully saturated rings. The summed E-state index contributed by atoms with van der Waals surface area (Å²) in [6.07, 6.45) is 4.99. The summed E-state index contributed by atoms with van der Waals surface area (Å²) in [4.78, 5) is 22.9. The quantitative estimate of drug-likeness (QED) is 0.793. The molecule has 0 unspecified atom stereocenters. The summed E-state index contributed by atoms with van der Waals surface area (Å²) in [6.45, 7) is 7.55. The Balaban J connectivity index is 1.97. The van der Waals surface area contributed by atoms with Gasteiger partial charge in [-0.25, -0.2) is 0 Å². The molecular weight excluding hydrogens is 308 g/mol. The van der Waals surface area contributed by atoms with E-state index >= 15 is 0 Å². The molecule has 1 heterocycles. The molecule has 1 saturated carbocycles. The van der Waals surface area contributed by atoms with Crippen LogP contribution in [0.1, 0.15) is 58.3 Å². The monoisotopic (exact) mass is 334 g/mol. The molecule has 0 aromatic carbocycles. The number of rotatable bonds is 3. The minimum absolute atomic E-state index is 0.194. The summed E-state index contributed by atoms with van der Waals surface area (Å²) in [5.41, 5.74) is 0.778. The number of hydrogen-bond acceptors (Lipinski definition) is 5. The molecule has 0 N–H and O–H groups in total. The van der Waals surface area contributed by atoms with Gasteiger partial charge < -0.3 is 13.9 Å². The molecule has 5 nitrogen and oxygen atoms in total. The molecule has 4 atom stereocenters. The Bertz CT molecular complexity index is 648. The minimum atomic E-state index is -0.276. The van der Waals surface area contributed by atoms with Gasteiger partial charge in [0, 0.05) is 24.7 Å². The van der Waals surface area contributed by atoms with Crippen LogP contribution < -0.4 is 0 Å². The summed E-state index contributed by atoms with van der Waals surface area (Å²) < 4.78 is 16.8. The smallest absolute Gasteiger partial charge is 0.302 e. The number of fused-ring (bicyclic) bond motifs is 3. The SMILES string of the molecule is CC(=O)OC[C@]1(C)C[C@@H](OC(C)=O)C[C@@]2(C)c3occc3CC[C@H]12. The lowest BCUT2D eigenvalue weighted by atomic mass is 9.51. The molecule has 5 heteroatoms. The van der Waals surface area contributed by atoms with Crippen LogP contribution in [0.5, 0.6) is 0 Å². The predicted molar refractivity (Wildman–Crippen MR) is 87.4 cm³/mol. The van der Waals surface area contributed by atoms with Crippen molar-refractivity contribution in [3.63, 3.8) is 0 Å². The largest absolute Gasteiger partial charge is 0.468 e. The average Bonchev–Trinajstić information content (AvgIpc) is 2.94. The van der Waals surface area contributed by atoms with Crippen LogP contribution in [0.4, 0.5) is 0 Å². The van der Waals surface area contributed by atoms with Gasteiger partial charge in [0.2, 0.25) is 0 Å². The standard InChI is InChI=1S/C19H26O5/c1-12(20)23-11-18(3)9-15(24-13(2)21)10-19(4)16(18)6-5-14-7-8-22-17(14)19/h7-8,15-16H,5-6,9-11H2,1-4H3/t15-,16-,18+,19-/m1/s1. The zero-order valence-corrected chi connectivity index (χ0v) is 14.9. The van der Waals surface area contributed by atoms with Crippen molar-refractivity contribution >= 4 is 11.9 Å². The first-order valence-electron chi connectivity index (χ1n) is 8.62. The summed E-state index contributed by atoms with van der Waals surface area (Å²) in [5, 5.41) is 0. The van der Waals surface area contributed by atoms with Crippen LogP contribution in [0.2, 0.25) is 0 Å². The highest BCUT2D eigenvalue weighted by molar-refractivity contribution is 5.66. The van der Waals surface area contributed by atoms with Gasteiger partial charge in [-0.3, -0.25) is 9.59 Å². The van der Waals surface area contributed by atoms with E-state index in [0.29, 0.717) is 18.9 Å². The maximum absolute atomic E-state index is 11.5. The van der Waals surface area contributed by atoms with E-state index in [4.69, 9.17) is 13.9 Å². The molecule has 2 aliphatic carbocycles. The molecule has 0 spiro atoms. The van der Waals surface area contributed by atoms with Crippen LogP contribution in [0.25, 0.3) is 0 Å². The molecule has 2 aliphatic rings. The Hall–Kier alpha value is -1.78. The Morgan fingerprint density at radius 3 is 2.67 bits per heavy atom. The van der Waals surface area contributed by atoms with Crippen molar-refractivity contribution in [2.45, 2.75) is 64.9 Å². The summed E-state index contributed by atoms with van der Waals surface area (Å²) in [5.74, 6) is 0.772. The highest BCUT2D eigenvalue weighted by Crippen LogP contribution is 2.58. The van der Waals surface area contributed by atoms with E-state index in [2.05, 4.69) is 13.8 Å². The lowest BCUT2D eigenvalue weighted by molar-refractivity contribution is -0.164. The third-order valence-corrected chi connectivity index (χ3v) is 5.86. The Labute approximate surface area is 142 Å². The second-order valence-electron chi connectivity index (χ2n) is 7.86. The minimum Gasteiger partial charge on any atom is -0.468 e. The van der Waals surface area contributed by atoms with Gasteiger partial charge in [0.1, 0.15) is 11.9 Å². The van der Waals surface area contributed by atoms with E-state index in [1.54, 1.807) is 6.26 Å². The van der Waals surface area contributed by atoms with Gasteiger partial charge in [0.15, 0.2) is 0 Å². The van der Waals surface area contributed by atoms with E-state index in [9.17, 15) is 9.59 Å². The van der Waals surface area contributed by atoms with E-state index in [1.165, 1.54) is 19.4 Å². The highest BCUT2D eigenvalue weighted by atomic mass is 16.5. The van der Waals surface area contributed by atoms with Crippen LogP contribution in [-0.2, 0) is 30.9 Å². The zero-order chi connectivity index (χ0) is 17.5. The van der Waals surface area contributed by atoms with Crippen molar-refractivity contribution in [2.24, 2.45) is 11.3 Å². The van der Waals surface area contributed by atoms with E-state index in [0.717, 1.165) is 25.0 Å². The summed E-state index contributed by atoms with van der Waals surface area (Å²) in [7, 11) is 0. The van der Waals surface area contributed by atoms with Crippen LogP contribution in [0.3, 0.4) is 0 Å². The molecule has 0 radical (unpaired) electrons. The molecule has 24 heavy (non-hydrogen) atoms. The number of furan rings is 1. The van der Waals surface area contributed by atoms with Crippen LogP contribution in [-0.4, -0.2) is 24.6 Å². The molecule has 3 rings (SSSR count). The highest BCUT2D eigenvalue weighted by Gasteiger charge is 2.57. The van der Waals surface area contributed by atoms with Crippen molar-refractivity contribution in [1.82, 2.24) is 0 Å². The second kappa shape index (κ2) is 5.94.